The fourth-order valence-corrected chi connectivity index (χ4v) is 1.60. The molecule has 0 fully saturated rings. The van der Waals surface area contributed by atoms with E-state index in [9.17, 15) is 44.1 Å². The Morgan fingerprint density at radius 2 is 0.867 bits per heavy atom. The number of Topliss-reactive ketones (excluding diaryl/α,β-unsaturated/α-hetero) is 3. The van der Waals surface area contributed by atoms with Crippen LogP contribution in [0, 0.1) is 11.8 Å². The molecule has 0 aliphatic carbocycles. The first-order valence-corrected chi connectivity index (χ1v) is 9.29. The molecule has 0 atom stereocenters. The monoisotopic (exact) mass is 442 g/mol. The summed E-state index contributed by atoms with van der Waals surface area (Å²) in [6, 6.07) is 0. The van der Waals surface area contributed by atoms with Gasteiger partial charge in [-0.3, -0.25) is 14.4 Å². The summed E-state index contributed by atoms with van der Waals surface area (Å²) in [5, 5.41) is 29.3. The van der Waals surface area contributed by atoms with Crippen LogP contribution in [0.15, 0.2) is 0 Å². The van der Waals surface area contributed by atoms with E-state index in [2.05, 4.69) is 0 Å². The standard InChI is InChI=1S/2C8H14O3.C4H6O3.Al/c2*1-6(2)3-4-7(9)5-8(10)11;1-3(5)2-4(6)7;/h2*6H,3-5H2,1-2H3,(H,10,11);2H2,1H3,(H,6,7);/q;;;+3/p-3. The van der Waals surface area contributed by atoms with Crippen LogP contribution in [0.4, 0.5) is 0 Å². The zero-order chi connectivity index (χ0) is 23.6. The van der Waals surface area contributed by atoms with Crippen LogP contribution in [-0.2, 0) is 28.8 Å². The smallest absolute Gasteiger partial charge is 0.550 e. The molecule has 0 saturated heterocycles. The Morgan fingerprint density at radius 3 is 1.00 bits per heavy atom. The number of rotatable bonds is 12. The van der Waals surface area contributed by atoms with E-state index < -0.39 is 37.2 Å². The molecular formula is C20H31AlO9. The van der Waals surface area contributed by atoms with Crippen molar-refractivity contribution in [2.24, 2.45) is 11.8 Å². The van der Waals surface area contributed by atoms with Crippen LogP contribution in [-0.4, -0.2) is 52.6 Å². The third-order valence-electron chi connectivity index (χ3n) is 3.08. The number of carboxylic acids is 3. The molecule has 0 aromatic heterocycles. The van der Waals surface area contributed by atoms with E-state index in [1.54, 1.807) is 0 Å². The Kier molecular flexibility index (Phi) is 25.5. The van der Waals surface area contributed by atoms with Crippen molar-refractivity contribution in [2.45, 2.75) is 79.6 Å². The van der Waals surface area contributed by atoms with Gasteiger partial charge >= 0.3 is 17.4 Å². The van der Waals surface area contributed by atoms with Gasteiger partial charge in [0.15, 0.2) is 0 Å². The van der Waals surface area contributed by atoms with Gasteiger partial charge in [0, 0.05) is 50.0 Å². The molecule has 0 aromatic rings. The number of aliphatic carboxylic acids is 3. The van der Waals surface area contributed by atoms with E-state index in [0.717, 1.165) is 12.8 Å². The van der Waals surface area contributed by atoms with Gasteiger partial charge < -0.3 is 29.7 Å². The second kappa shape index (κ2) is 21.7. The van der Waals surface area contributed by atoms with Gasteiger partial charge in [0.25, 0.3) is 0 Å². The van der Waals surface area contributed by atoms with Crippen LogP contribution in [0.2, 0.25) is 0 Å². The molecule has 168 valence electrons. The Morgan fingerprint density at radius 1 is 0.600 bits per heavy atom. The van der Waals surface area contributed by atoms with Crippen LogP contribution in [0.25, 0.3) is 0 Å². The van der Waals surface area contributed by atoms with E-state index in [1.807, 2.05) is 27.7 Å². The van der Waals surface area contributed by atoms with Crippen molar-refractivity contribution in [2.75, 3.05) is 0 Å². The molecule has 10 heteroatoms. The predicted molar refractivity (Wildman–Crippen MR) is 103 cm³/mol. The Balaban J connectivity index is -0.000000171. The van der Waals surface area contributed by atoms with Gasteiger partial charge in [-0.2, -0.15) is 0 Å². The molecular weight excluding hydrogens is 411 g/mol. The van der Waals surface area contributed by atoms with Crippen LogP contribution >= 0.6 is 0 Å². The van der Waals surface area contributed by atoms with Gasteiger partial charge in [0.05, 0.1) is 0 Å². The average molecular weight is 442 g/mol. The van der Waals surface area contributed by atoms with E-state index >= 15 is 0 Å². The molecule has 30 heavy (non-hydrogen) atoms. The van der Waals surface area contributed by atoms with Crippen LogP contribution < -0.4 is 15.3 Å². The van der Waals surface area contributed by atoms with Crippen molar-refractivity contribution in [1.29, 1.82) is 0 Å². The van der Waals surface area contributed by atoms with Crippen molar-refractivity contribution < 1.29 is 44.1 Å². The minimum atomic E-state index is -1.31. The number of carbonyl (C=O) groups excluding carboxylic acids is 6. The van der Waals surface area contributed by atoms with E-state index in [4.69, 9.17) is 0 Å². The summed E-state index contributed by atoms with van der Waals surface area (Å²) in [7, 11) is 0. The fraction of sp³-hybridized carbons (Fsp3) is 0.700. The van der Waals surface area contributed by atoms with Crippen molar-refractivity contribution in [3.63, 3.8) is 0 Å². The fourth-order valence-electron chi connectivity index (χ4n) is 1.60. The van der Waals surface area contributed by atoms with E-state index in [1.165, 1.54) is 6.92 Å². The maximum absolute atomic E-state index is 10.7. The Hall–Kier alpha value is -2.05. The minimum Gasteiger partial charge on any atom is -0.550 e. The van der Waals surface area contributed by atoms with E-state index in [0.29, 0.717) is 24.7 Å². The van der Waals surface area contributed by atoms with Gasteiger partial charge in [0.1, 0.15) is 17.3 Å². The zero-order valence-corrected chi connectivity index (χ0v) is 19.5. The van der Waals surface area contributed by atoms with Gasteiger partial charge in [-0.05, 0) is 31.6 Å². The third-order valence-corrected chi connectivity index (χ3v) is 3.08. The molecule has 0 bridgehead atoms. The summed E-state index contributed by atoms with van der Waals surface area (Å²) in [5.41, 5.74) is 0. The second-order valence-electron chi connectivity index (χ2n) is 7.29. The zero-order valence-electron chi connectivity index (χ0n) is 18.4. The summed E-state index contributed by atoms with van der Waals surface area (Å²) in [5.74, 6) is -3.83. The minimum absolute atomic E-state index is 0. The number of hydrogen-bond acceptors (Lipinski definition) is 9. The molecule has 0 aromatic carbocycles. The molecule has 0 aliphatic rings. The molecule has 0 radical (unpaired) electrons. The van der Waals surface area contributed by atoms with Crippen LogP contribution in [0.3, 0.4) is 0 Å². The van der Waals surface area contributed by atoms with Gasteiger partial charge in [-0.25, -0.2) is 0 Å². The number of carbonyl (C=O) groups is 6. The molecule has 9 nitrogen and oxygen atoms in total. The van der Waals surface area contributed by atoms with Gasteiger partial charge in [-0.1, -0.05) is 27.7 Å². The largest absolute Gasteiger partial charge is 3.00 e. The molecule has 0 aliphatic heterocycles. The maximum Gasteiger partial charge on any atom is 3.00 e. The molecule has 0 unspecified atom stereocenters. The summed E-state index contributed by atoms with van der Waals surface area (Å²) in [6.45, 7) is 9.17. The first-order chi connectivity index (χ1) is 13.2. The van der Waals surface area contributed by atoms with Crippen molar-refractivity contribution in [1.82, 2.24) is 0 Å². The number of ketones is 3. The summed E-state index contributed by atoms with van der Waals surface area (Å²) in [4.78, 5) is 60.6. The van der Waals surface area contributed by atoms with Crippen molar-refractivity contribution in [3.05, 3.63) is 0 Å². The molecule has 0 amide bonds. The maximum atomic E-state index is 10.7. The number of carboxylic acid groups (broad SMARTS) is 3. The average Bonchev–Trinajstić information content (AvgIpc) is 2.49. The van der Waals surface area contributed by atoms with Gasteiger partial charge in [-0.15, -0.1) is 0 Å². The quantitative estimate of drug-likeness (QED) is 0.260. The molecule has 0 saturated carbocycles. The first-order valence-electron chi connectivity index (χ1n) is 9.29. The molecule has 0 N–H and O–H groups in total. The van der Waals surface area contributed by atoms with Crippen LogP contribution in [0.1, 0.15) is 79.6 Å². The Bertz CT molecular complexity index is 506. The first kappa shape index (κ1) is 35.4. The van der Waals surface area contributed by atoms with E-state index in [-0.39, 0.29) is 34.7 Å². The third kappa shape index (κ3) is 40.6. The second-order valence-corrected chi connectivity index (χ2v) is 7.29. The SMILES string of the molecule is CC(=O)CC(=O)[O-].CC(C)CCC(=O)CC(=O)[O-].CC(C)CCC(=O)CC(=O)[O-].[Al+3]. The van der Waals surface area contributed by atoms with Crippen molar-refractivity contribution in [3.8, 4) is 0 Å². The van der Waals surface area contributed by atoms with Crippen LogP contribution in [0.5, 0.6) is 0 Å². The van der Waals surface area contributed by atoms with Gasteiger partial charge in [0.2, 0.25) is 0 Å². The van der Waals surface area contributed by atoms with Crippen molar-refractivity contribution >= 4 is 52.6 Å². The topological polar surface area (TPSA) is 172 Å². The number of hydrogen-bond donors (Lipinski definition) is 0. The predicted octanol–water partition coefficient (Wildman–Crippen LogP) is -1.40. The summed E-state index contributed by atoms with van der Waals surface area (Å²) < 4.78 is 0. The normalized spacial score (nSPS) is 9.30. The molecule has 0 heterocycles. The summed E-state index contributed by atoms with van der Waals surface area (Å²) in [6.07, 6.45) is 0.870. The Labute approximate surface area is 188 Å². The summed E-state index contributed by atoms with van der Waals surface area (Å²) >= 11 is 0. The molecule has 0 spiro atoms. The molecule has 0 rings (SSSR count).